The molecule has 1 aliphatic rings. The van der Waals surface area contributed by atoms with Gasteiger partial charge in [0.1, 0.15) is 0 Å². The van der Waals surface area contributed by atoms with Crippen LogP contribution in [0.4, 0.5) is 0 Å². The van der Waals surface area contributed by atoms with Crippen LogP contribution in [0.5, 0.6) is 0 Å². The summed E-state index contributed by atoms with van der Waals surface area (Å²) in [5.74, 6) is 0.526. The summed E-state index contributed by atoms with van der Waals surface area (Å²) in [6.45, 7) is 6.63. The summed E-state index contributed by atoms with van der Waals surface area (Å²) in [5.41, 5.74) is 0. The Bertz CT molecular complexity index is 192. The summed E-state index contributed by atoms with van der Waals surface area (Å²) in [4.78, 5) is 13.8. The van der Waals surface area contributed by atoms with Crippen LogP contribution in [0.25, 0.3) is 0 Å². The number of likely N-dealkylation sites (tertiary alicyclic amines) is 1. The highest BCUT2D eigenvalue weighted by Crippen LogP contribution is 2.16. The van der Waals surface area contributed by atoms with E-state index in [1.165, 1.54) is 0 Å². The number of ether oxygens (including phenoxy) is 1. The molecule has 3 heteroatoms. The molecule has 3 nitrogen and oxygen atoms in total. The number of nitrogens with zero attached hydrogens (tertiary/aromatic N) is 1. The standard InChI is InChI=1S/C11H21NO2/c1-9(2)8-14-11(13)10-5-4-6-12(3)7-10/h9-10H,4-8H2,1-3H3. The molecule has 0 bridgehead atoms. The minimum Gasteiger partial charge on any atom is -0.465 e. The van der Waals surface area contributed by atoms with Crippen LogP contribution in [0.1, 0.15) is 26.7 Å². The van der Waals surface area contributed by atoms with Gasteiger partial charge in [-0.3, -0.25) is 4.79 Å². The van der Waals surface area contributed by atoms with Gasteiger partial charge in [0.25, 0.3) is 0 Å². The van der Waals surface area contributed by atoms with Crippen molar-refractivity contribution in [3.05, 3.63) is 0 Å². The van der Waals surface area contributed by atoms with E-state index in [0.29, 0.717) is 12.5 Å². The monoisotopic (exact) mass is 199 g/mol. The van der Waals surface area contributed by atoms with Crippen molar-refractivity contribution >= 4 is 5.97 Å². The summed E-state index contributed by atoms with van der Waals surface area (Å²) < 4.78 is 5.23. The van der Waals surface area contributed by atoms with Gasteiger partial charge in [0.05, 0.1) is 12.5 Å². The second-order valence-electron chi connectivity index (χ2n) is 4.63. The first-order chi connectivity index (χ1) is 6.59. The molecule has 0 aromatic carbocycles. The first-order valence-electron chi connectivity index (χ1n) is 5.44. The molecule has 0 amide bonds. The first-order valence-corrected chi connectivity index (χ1v) is 5.44. The minimum atomic E-state index is -0.00903. The molecule has 1 aliphatic heterocycles. The maximum atomic E-state index is 11.6. The molecule has 1 unspecified atom stereocenters. The van der Waals surface area contributed by atoms with E-state index < -0.39 is 0 Å². The zero-order valence-electron chi connectivity index (χ0n) is 9.45. The summed E-state index contributed by atoms with van der Waals surface area (Å²) >= 11 is 0. The lowest BCUT2D eigenvalue weighted by Gasteiger charge is -2.28. The second-order valence-corrected chi connectivity index (χ2v) is 4.63. The molecule has 14 heavy (non-hydrogen) atoms. The van der Waals surface area contributed by atoms with E-state index >= 15 is 0 Å². The van der Waals surface area contributed by atoms with Crippen molar-refractivity contribution in [1.29, 1.82) is 0 Å². The first kappa shape index (κ1) is 11.5. The number of carbonyl (C=O) groups excluding carboxylic acids is 1. The van der Waals surface area contributed by atoms with Crippen LogP contribution in [0, 0.1) is 11.8 Å². The highest BCUT2D eigenvalue weighted by molar-refractivity contribution is 5.72. The number of rotatable bonds is 3. The fourth-order valence-electron chi connectivity index (χ4n) is 1.73. The smallest absolute Gasteiger partial charge is 0.310 e. The van der Waals surface area contributed by atoms with E-state index in [1.807, 2.05) is 0 Å². The number of hydrogen-bond acceptors (Lipinski definition) is 3. The Morgan fingerprint density at radius 2 is 2.29 bits per heavy atom. The topological polar surface area (TPSA) is 29.5 Å². The molecule has 1 fully saturated rings. The van der Waals surface area contributed by atoms with Crippen LogP contribution in [-0.4, -0.2) is 37.6 Å². The number of hydrogen-bond donors (Lipinski definition) is 0. The van der Waals surface area contributed by atoms with Crippen molar-refractivity contribution in [2.24, 2.45) is 11.8 Å². The maximum Gasteiger partial charge on any atom is 0.310 e. The molecule has 82 valence electrons. The van der Waals surface area contributed by atoms with Crippen LogP contribution >= 0.6 is 0 Å². The number of esters is 1. The Morgan fingerprint density at radius 3 is 2.86 bits per heavy atom. The third-order valence-corrected chi connectivity index (χ3v) is 2.52. The molecule has 0 saturated carbocycles. The van der Waals surface area contributed by atoms with Crippen molar-refractivity contribution in [1.82, 2.24) is 4.90 Å². The summed E-state index contributed by atoms with van der Waals surface area (Å²) in [6, 6.07) is 0. The lowest BCUT2D eigenvalue weighted by Crippen LogP contribution is -2.37. The Labute approximate surface area is 86.4 Å². The molecular weight excluding hydrogens is 178 g/mol. The Morgan fingerprint density at radius 1 is 1.57 bits per heavy atom. The molecule has 0 aliphatic carbocycles. The van der Waals surface area contributed by atoms with Gasteiger partial charge in [0.15, 0.2) is 0 Å². The molecular formula is C11H21NO2. The SMILES string of the molecule is CC(C)COC(=O)C1CCCN(C)C1. The van der Waals surface area contributed by atoms with E-state index in [4.69, 9.17) is 4.74 Å². The van der Waals surface area contributed by atoms with Crippen LogP contribution in [0.3, 0.4) is 0 Å². The summed E-state index contributed by atoms with van der Waals surface area (Å²) in [6.07, 6.45) is 2.10. The molecule has 1 rings (SSSR count). The third kappa shape index (κ3) is 3.66. The van der Waals surface area contributed by atoms with Crippen molar-refractivity contribution in [3.63, 3.8) is 0 Å². The van der Waals surface area contributed by atoms with Gasteiger partial charge in [0.2, 0.25) is 0 Å². The van der Waals surface area contributed by atoms with Gasteiger partial charge in [-0.15, -0.1) is 0 Å². The van der Waals surface area contributed by atoms with E-state index in [0.717, 1.165) is 25.9 Å². The van der Waals surface area contributed by atoms with Crippen LogP contribution in [-0.2, 0) is 9.53 Å². The predicted octanol–water partition coefficient (Wildman–Crippen LogP) is 1.53. The number of piperidine rings is 1. The Balaban J connectivity index is 2.29. The largest absolute Gasteiger partial charge is 0.465 e. The fourth-order valence-corrected chi connectivity index (χ4v) is 1.73. The molecule has 0 aromatic heterocycles. The normalized spacial score (nSPS) is 23.9. The second kappa shape index (κ2) is 5.35. The Hall–Kier alpha value is -0.570. The van der Waals surface area contributed by atoms with Gasteiger partial charge in [-0.05, 0) is 32.4 Å². The molecule has 0 spiro atoms. The van der Waals surface area contributed by atoms with E-state index in [2.05, 4.69) is 25.8 Å². The van der Waals surface area contributed by atoms with Gasteiger partial charge in [-0.25, -0.2) is 0 Å². The van der Waals surface area contributed by atoms with Gasteiger partial charge >= 0.3 is 5.97 Å². The maximum absolute atomic E-state index is 11.6. The van der Waals surface area contributed by atoms with Crippen LogP contribution < -0.4 is 0 Å². The van der Waals surface area contributed by atoms with E-state index in [1.54, 1.807) is 0 Å². The lowest BCUT2D eigenvalue weighted by atomic mass is 9.99. The van der Waals surface area contributed by atoms with Crippen molar-refractivity contribution in [2.75, 3.05) is 26.7 Å². The fraction of sp³-hybridized carbons (Fsp3) is 0.909. The van der Waals surface area contributed by atoms with E-state index in [-0.39, 0.29) is 11.9 Å². The highest BCUT2D eigenvalue weighted by atomic mass is 16.5. The van der Waals surface area contributed by atoms with Crippen molar-refractivity contribution in [2.45, 2.75) is 26.7 Å². The van der Waals surface area contributed by atoms with Gasteiger partial charge in [0, 0.05) is 6.54 Å². The average Bonchev–Trinajstić information content (AvgIpc) is 2.14. The van der Waals surface area contributed by atoms with Crippen LogP contribution in [0.2, 0.25) is 0 Å². The van der Waals surface area contributed by atoms with E-state index in [9.17, 15) is 4.79 Å². The zero-order valence-corrected chi connectivity index (χ0v) is 9.45. The summed E-state index contributed by atoms with van der Waals surface area (Å²) in [7, 11) is 2.06. The molecule has 0 N–H and O–H groups in total. The van der Waals surface area contributed by atoms with Gasteiger partial charge in [-0.2, -0.15) is 0 Å². The van der Waals surface area contributed by atoms with Crippen LogP contribution in [0.15, 0.2) is 0 Å². The third-order valence-electron chi connectivity index (χ3n) is 2.52. The molecule has 0 aromatic rings. The molecule has 1 saturated heterocycles. The average molecular weight is 199 g/mol. The predicted molar refractivity (Wildman–Crippen MR) is 56.0 cm³/mol. The molecule has 1 atom stereocenters. The van der Waals surface area contributed by atoms with Crippen molar-refractivity contribution in [3.8, 4) is 0 Å². The molecule has 0 radical (unpaired) electrons. The van der Waals surface area contributed by atoms with Gasteiger partial charge < -0.3 is 9.64 Å². The molecule has 1 heterocycles. The Kier molecular flexibility index (Phi) is 4.39. The lowest BCUT2D eigenvalue weighted by molar-refractivity contribution is -0.151. The van der Waals surface area contributed by atoms with Gasteiger partial charge in [-0.1, -0.05) is 13.8 Å². The van der Waals surface area contributed by atoms with Crippen molar-refractivity contribution < 1.29 is 9.53 Å². The summed E-state index contributed by atoms with van der Waals surface area (Å²) in [5, 5.41) is 0. The minimum absolute atomic E-state index is 0.00903. The number of carbonyl (C=O) groups is 1. The zero-order chi connectivity index (χ0) is 10.6. The highest BCUT2D eigenvalue weighted by Gasteiger charge is 2.25. The quantitative estimate of drug-likeness (QED) is 0.646.